The lowest BCUT2D eigenvalue weighted by atomic mass is 9.77. The van der Waals surface area contributed by atoms with E-state index in [1.54, 1.807) is 59.7 Å². The number of amides is 1. The molecule has 4 aliphatic heterocycles. The van der Waals surface area contributed by atoms with Crippen LogP contribution in [-0.2, 0) is 49.3 Å². The zero-order chi connectivity index (χ0) is 56.6. The minimum atomic E-state index is -1.86. The van der Waals surface area contributed by atoms with E-state index < -0.39 is 133 Å². The number of hydrazine groups is 2. The fourth-order valence-corrected chi connectivity index (χ4v) is 11.8. The predicted molar refractivity (Wildman–Crippen MR) is 281 cm³/mol. The van der Waals surface area contributed by atoms with Gasteiger partial charge in [-0.3, -0.25) is 14.6 Å². The summed E-state index contributed by atoms with van der Waals surface area (Å²) in [5, 5.41) is 64.5. The Balaban J connectivity index is 1.40. The van der Waals surface area contributed by atoms with Gasteiger partial charge in [0.05, 0.1) is 48.1 Å². The summed E-state index contributed by atoms with van der Waals surface area (Å²) in [4.78, 5) is 29.6. The first kappa shape index (κ1) is 63.7. The number of carbonyl (C=O) groups excluding carboxylic acids is 2. The molecule has 22 heteroatoms. The minimum absolute atomic E-state index is 0.0520. The van der Waals surface area contributed by atoms with E-state index >= 15 is 0 Å². The number of hydrogen-bond donors (Lipinski definition) is 9. The summed E-state index contributed by atoms with van der Waals surface area (Å²) in [6, 6.07) is 5.69. The molecule has 0 aliphatic carbocycles. The van der Waals surface area contributed by atoms with Crippen LogP contribution in [0.5, 0.6) is 0 Å². The molecule has 4 heterocycles. The van der Waals surface area contributed by atoms with Crippen molar-refractivity contribution in [3.05, 3.63) is 47.3 Å². The molecule has 20 atom stereocenters. The molecular formula is C54H94FN7O14. The van der Waals surface area contributed by atoms with Crippen LogP contribution in [0.25, 0.3) is 0 Å². The highest BCUT2D eigenvalue weighted by atomic mass is 19.1. The summed E-state index contributed by atoms with van der Waals surface area (Å²) in [5.74, 6) is -3.34. The Bertz CT molecular complexity index is 2030. The van der Waals surface area contributed by atoms with Crippen LogP contribution in [0.1, 0.15) is 119 Å². The zero-order valence-electron chi connectivity index (χ0n) is 47.5. The highest BCUT2D eigenvalue weighted by molar-refractivity contribution is 5.75. The molecule has 4 aliphatic rings. The third-order valence-corrected chi connectivity index (χ3v) is 16.5. The molecule has 21 nitrogen and oxygen atoms in total. The van der Waals surface area contributed by atoms with Crippen molar-refractivity contribution in [2.75, 3.05) is 54.6 Å². The topological polar surface area (TPSA) is 272 Å². The van der Waals surface area contributed by atoms with Crippen LogP contribution in [-0.4, -0.2) is 203 Å². The lowest BCUT2D eigenvalue weighted by Crippen LogP contribution is -2.61. The van der Waals surface area contributed by atoms with Crippen molar-refractivity contribution in [1.82, 2.24) is 31.1 Å². The number of methoxy groups -OCH3 is 2. The number of nitrogens with two attached hydrogens (primary N) is 1. The number of halogens is 1. The third-order valence-electron chi connectivity index (χ3n) is 16.5. The standard InChI is InChI=1S/C54H94FN7O14/c1-15-41-54(10,69)47(65)34(6)61(12)28-30(2)23-52(8,68)49(32(4)45(33(5)50(67)74-41)75-43-24-53(9,71-14)48(66)35(7)73-43)76-51-44(64)39(22-31(3)72-51)60(11)21-20-38-29-62(59-58-38)40(25-55)46(70-13)37-18-16-36(17-19-37)26-57-27-42(56)63/h16-19,29-35,39-41,43-49,51,57-59,64-66,68-69H,15,20-28H2,1-14H3,(H2,56,63)/t30-,31-,32+,33-,34-,35+,39+,40-,41-,43+,44-,45+,46-,47-,48+,49-,51+,52-,53-,54-/m1/s1. The Kier molecular flexibility index (Phi) is 22.9. The SMILES string of the molecule is CC[C@H]1OC(=O)[C@H](C)[C@@H](O[C@H]2C[C@@](C)(OC)[C@@H](O)[C@H](C)O2)[C@H](C)[C@@H](O[C@@H]2O[C@H](C)C[C@H](N(C)CCC3=CN([C@H](CF)[C@H](OC)c4ccc(CNCC(N)=O)cc4)NN3)[C@H]2O)[C@](C)(O)C[C@@H](C)CN(C)[C@H](C)[C@@H](O)[C@]1(C)O. The van der Waals surface area contributed by atoms with Gasteiger partial charge in [0.1, 0.15) is 48.8 Å². The molecule has 436 valence electrons. The fraction of sp³-hybridized carbons (Fsp3) is 0.815. The van der Waals surface area contributed by atoms with Crippen LogP contribution in [0, 0.1) is 17.8 Å². The Morgan fingerprint density at radius 2 is 1.68 bits per heavy atom. The quantitative estimate of drug-likeness (QED) is 0.0898. The Hall–Kier alpha value is -3.17. The molecule has 1 amide bonds. The molecule has 1 aromatic carbocycles. The number of carbonyl (C=O) groups is 2. The van der Waals surface area contributed by atoms with Gasteiger partial charge >= 0.3 is 5.97 Å². The summed E-state index contributed by atoms with van der Waals surface area (Å²) in [7, 11) is 6.75. The number of rotatable bonds is 19. The van der Waals surface area contributed by atoms with Gasteiger partial charge in [0, 0.05) is 76.6 Å². The third kappa shape index (κ3) is 15.4. The van der Waals surface area contributed by atoms with Crippen LogP contribution in [0.15, 0.2) is 36.2 Å². The maximum Gasteiger partial charge on any atom is 0.311 e. The van der Waals surface area contributed by atoms with Gasteiger partial charge in [0.2, 0.25) is 5.91 Å². The number of ether oxygens (including phenoxy) is 7. The second-order valence-electron chi connectivity index (χ2n) is 22.9. The molecule has 0 spiro atoms. The number of cyclic esters (lactones) is 1. The van der Waals surface area contributed by atoms with Gasteiger partial charge in [0.15, 0.2) is 12.6 Å². The molecule has 0 saturated carbocycles. The van der Waals surface area contributed by atoms with E-state index in [9.17, 15) is 39.5 Å². The monoisotopic (exact) mass is 1080 g/mol. The first-order valence-electron chi connectivity index (χ1n) is 27.1. The van der Waals surface area contributed by atoms with Gasteiger partial charge in [-0.25, -0.2) is 4.39 Å². The van der Waals surface area contributed by atoms with Gasteiger partial charge in [-0.2, -0.15) is 0 Å². The lowest BCUT2D eigenvalue weighted by molar-refractivity contribution is -0.318. The van der Waals surface area contributed by atoms with Crippen molar-refractivity contribution in [3.63, 3.8) is 0 Å². The summed E-state index contributed by atoms with van der Waals surface area (Å²) >= 11 is 0. The van der Waals surface area contributed by atoms with Crippen molar-refractivity contribution in [3.8, 4) is 0 Å². The normalized spacial score (nSPS) is 39.4. The number of alkyl halides is 1. The maximum atomic E-state index is 14.9. The number of primary amides is 1. The fourth-order valence-electron chi connectivity index (χ4n) is 11.8. The van der Waals surface area contributed by atoms with Crippen LogP contribution in [0.3, 0.4) is 0 Å². The van der Waals surface area contributed by atoms with E-state index in [1.807, 2.05) is 62.0 Å². The van der Waals surface area contributed by atoms with Crippen molar-refractivity contribution >= 4 is 11.9 Å². The van der Waals surface area contributed by atoms with E-state index in [0.717, 1.165) is 16.8 Å². The van der Waals surface area contributed by atoms with E-state index in [4.69, 9.17) is 38.9 Å². The molecule has 10 N–H and O–H groups in total. The first-order chi connectivity index (χ1) is 35.6. The molecule has 0 bridgehead atoms. The van der Waals surface area contributed by atoms with Crippen LogP contribution < -0.4 is 22.0 Å². The number of likely N-dealkylation sites (N-methyl/N-ethyl adjacent to an activating group) is 2. The Morgan fingerprint density at radius 1 is 1.01 bits per heavy atom. The number of benzene rings is 1. The summed E-state index contributed by atoms with van der Waals surface area (Å²) in [5.41, 5.74) is 9.33. The zero-order valence-corrected chi connectivity index (χ0v) is 47.5. The van der Waals surface area contributed by atoms with Crippen molar-refractivity contribution in [2.45, 2.75) is 210 Å². The average molecular weight is 1080 g/mol. The number of aliphatic hydroxyl groups excluding tert-OH is 3. The molecule has 0 aromatic heterocycles. The summed E-state index contributed by atoms with van der Waals surface area (Å²) < 4.78 is 59.0. The second kappa shape index (κ2) is 27.3. The number of esters is 1. The molecule has 5 rings (SSSR count). The summed E-state index contributed by atoms with van der Waals surface area (Å²) in [6.45, 7) is 18.0. The van der Waals surface area contributed by atoms with Gasteiger partial charge in [0.25, 0.3) is 0 Å². The van der Waals surface area contributed by atoms with Crippen LogP contribution in [0.4, 0.5) is 4.39 Å². The first-order valence-corrected chi connectivity index (χ1v) is 27.1. The highest BCUT2D eigenvalue weighted by Crippen LogP contribution is 2.40. The largest absolute Gasteiger partial charge is 0.459 e. The van der Waals surface area contributed by atoms with E-state index in [2.05, 4.69) is 16.3 Å². The van der Waals surface area contributed by atoms with Crippen LogP contribution in [0.2, 0.25) is 0 Å². The molecule has 0 unspecified atom stereocenters. The molecule has 3 fully saturated rings. The molecule has 0 radical (unpaired) electrons. The lowest BCUT2D eigenvalue weighted by Gasteiger charge is -2.49. The molecule has 3 saturated heterocycles. The van der Waals surface area contributed by atoms with E-state index in [1.165, 1.54) is 21.1 Å². The number of aliphatic hydroxyl groups is 5. The van der Waals surface area contributed by atoms with Gasteiger partial charge in [-0.1, -0.05) is 45.0 Å². The van der Waals surface area contributed by atoms with Crippen molar-refractivity contribution in [1.29, 1.82) is 0 Å². The predicted octanol–water partition coefficient (Wildman–Crippen LogP) is 2.13. The van der Waals surface area contributed by atoms with Gasteiger partial charge in [-0.05, 0) is 98.9 Å². The Morgan fingerprint density at radius 3 is 2.29 bits per heavy atom. The van der Waals surface area contributed by atoms with Gasteiger partial charge in [-0.15, -0.1) is 5.53 Å². The molecule has 76 heavy (non-hydrogen) atoms. The van der Waals surface area contributed by atoms with Crippen molar-refractivity contribution < 1.29 is 72.7 Å². The minimum Gasteiger partial charge on any atom is -0.459 e. The average Bonchev–Trinajstić information content (AvgIpc) is 3.84. The van der Waals surface area contributed by atoms with Crippen molar-refractivity contribution in [2.24, 2.45) is 23.5 Å². The van der Waals surface area contributed by atoms with Crippen LogP contribution >= 0.6 is 0 Å². The number of nitrogens with one attached hydrogen (secondary N) is 3. The molecular weight excluding hydrogens is 990 g/mol. The maximum absolute atomic E-state index is 14.9. The van der Waals surface area contributed by atoms with E-state index in [-0.39, 0.29) is 31.7 Å². The summed E-state index contributed by atoms with van der Waals surface area (Å²) in [6.07, 6.45) is -7.84. The van der Waals surface area contributed by atoms with Gasteiger partial charge < -0.3 is 85.0 Å². The Labute approximate surface area is 450 Å². The molecule has 1 aromatic rings. The smallest absolute Gasteiger partial charge is 0.311 e. The number of hydrogen-bond acceptors (Lipinski definition) is 20. The highest BCUT2D eigenvalue weighted by Gasteiger charge is 2.53. The van der Waals surface area contributed by atoms with E-state index in [0.29, 0.717) is 32.5 Å². The second-order valence-corrected chi connectivity index (χ2v) is 22.9. The number of nitrogens with zero attached hydrogens (tertiary/aromatic N) is 3.